The van der Waals surface area contributed by atoms with Crippen LogP contribution in [0.25, 0.3) is 0 Å². The minimum absolute atomic E-state index is 0.0367. The number of carbonyl (C=O) groups excluding carboxylic acids is 1. The second kappa shape index (κ2) is 14.7. The van der Waals surface area contributed by atoms with Gasteiger partial charge < -0.3 is 44.7 Å². The monoisotopic (exact) mass is 355 g/mol. The number of hydrogen-bond acceptors (Lipinski definition) is 9. The van der Waals surface area contributed by atoms with Crippen LogP contribution in [-0.4, -0.2) is 91.5 Å². The van der Waals surface area contributed by atoms with E-state index in [0.29, 0.717) is 12.7 Å². The lowest BCUT2D eigenvalue weighted by Gasteiger charge is -2.30. The molecule has 0 aliphatic carbocycles. The van der Waals surface area contributed by atoms with Crippen LogP contribution in [0, 0.1) is 0 Å². The number of aldehydes is 1. The van der Waals surface area contributed by atoms with E-state index >= 15 is 0 Å². The van der Waals surface area contributed by atoms with Crippen molar-refractivity contribution in [2.24, 2.45) is 0 Å². The largest absolute Gasteiger partial charge is 0.400 e. The molecule has 2 saturated heterocycles. The van der Waals surface area contributed by atoms with Crippen LogP contribution in [0.1, 0.15) is 26.7 Å². The maximum absolute atomic E-state index is 10.2. The first-order valence-corrected chi connectivity index (χ1v) is 7.87. The Morgan fingerprint density at radius 1 is 1.25 bits per heavy atom. The molecule has 0 aromatic rings. The summed E-state index contributed by atoms with van der Waals surface area (Å²) in [5.41, 5.74) is -1.32. The zero-order valence-corrected chi connectivity index (χ0v) is 15.1. The molecule has 9 heteroatoms. The van der Waals surface area contributed by atoms with Crippen LogP contribution >= 0.6 is 0 Å². The van der Waals surface area contributed by atoms with Gasteiger partial charge in [0.1, 0.15) is 5.60 Å². The predicted molar refractivity (Wildman–Crippen MR) is 87.3 cm³/mol. The number of aliphatic hydroxyl groups is 4. The highest BCUT2D eigenvalue weighted by Crippen LogP contribution is 2.21. The summed E-state index contributed by atoms with van der Waals surface area (Å²) in [6, 6.07) is -0.135. The Bertz CT molecular complexity index is 307. The number of aliphatic hydroxyl groups excluding tert-OH is 3. The summed E-state index contributed by atoms with van der Waals surface area (Å²) < 4.78 is 14.5. The molecule has 0 aromatic carbocycles. The van der Waals surface area contributed by atoms with Gasteiger partial charge in [-0.25, -0.2) is 0 Å². The minimum Gasteiger partial charge on any atom is -0.400 e. The zero-order valence-electron chi connectivity index (χ0n) is 15.1. The molecule has 0 amide bonds. The average Bonchev–Trinajstić information content (AvgIpc) is 3.03. The van der Waals surface area contributed by atoms with Crippen LogP contribution in [0.2, 0.25) is 0 Å². The summed E-state index contributed by atoms with van der Waals surface area (Å²) in [5.74, 6) is 0. The third kappa shape index (κ3) is 9.60. The molecule has 5 unspecified atom stereocenters. The maximum Gasteiger partial charge on any atom is 0.170 e. The highest BCUT2D eigenvalue weighted by Gasteiger charge is 2.38. The molecule has 2 aliphatic heterocycles. The van der Waals surface area contributed by atoms with E-state index < -0.39 is 24.3 Å². The van der Waals surface area contributed by atoms with Crippen molar-refractivity contribution < 1.29 is 39.4 Å². The lowest BCUT2D eigenvalue weighted by molar-refractivity contribution is -0.171. The molecule has 0 bridgehead atoms. The highest BCUT2D eigenvalue weighted by atomic mass is 16.7. The van der Waals surface area contributed by atoms with E-state index in [4.69, 9.17) is 29.5 Å². The molecule has 0 spiro atoms. The van der Waals surface area contributed by atoms with Crippen LogP contribution in [0.3, 0.4) is 0 Å². The van der Waals surface area contributed by atoms with E-state index in [1.807, 2.05) is 13.8 Å². The van der Waals surface area contributed by atoms with Gasteiger partial charge in [0.25, 0.3) is 0 Å². The van der Waals surface area contributed by atoms with Crippen LogP contribution < -0.4 is 5.32 Å². The summed E-state index contributed by atoms with van der Waals surface area (Å²) in [7, 11) is 4.20. The van der Waals surface area contributed by atoms with Gasteiger partial charge in [-0.3, -0.25) is 0 Å². The number of rotatable bonds is 3. The molecule has 24 heavy (non-hydrogen) atoms. The van der Waals surface area contributed by atoms with Crippen molar-refractivity contribution >= 4 is 6.29 Å². The fourth-order valence-corrected chi connectivity index (χ4v) is 1.94. The van der Waals surface area contributed by atoms with Crippen LogP contribution in [-0.2, 0) is 19.0 Å². The lowest BCUT2D eigenvalue weighted by atomic mass is 10.1. The fourth-order valence-electron chi connectivity index (χ4n) is 1.94. The van der Waals surface area contributed by atoms with Crippen molar-refractivity contribution in [3.8, 4) is 0 Å². The first-order chi connectivity index (χ1) is 11.4. The Morgan fingerprint density at radius 2 is 1.83 bits per heavy atom. The first kappa shape index (κ1) is 25.6. The van der Waals surface area contributed by atoms with E-state index in [2.05, 4.69) is 5.32 Å². The van der Waals surface area contributed by atoms with Gasteiger partial charge >= 0.3 is 0 Å². The van der Waals surface area contributed by atoms with Gasteiger partial charge in [-0.15, -0.1) is 0 Å². The molecule has 5 N–H and O–H groups in total. The summed E-state index contributed by atoms with van der Waals surface area (Å²) in [6.07, 6.45) is -0.374. The van der Waals surface area contributed by atoms with Gasteiger partial charge in [0, 0.05) is 20.6 Å². The van der Waals surface area contributed by atoms with E-state index in [9.17, 15) is 9.90 Å². The molecule has 9 nitrogen and oxygen atoms in total. The van der Waals surface area contributed by atoms with E-state index in [0.717, 1.165) is 7.11 Å². The lowest BCUT2D eigenvalue weighted by Crippen LogP contribution is -2.47. The smallest absolute Gasteiger partial charge is 0.170 e. The van der Waals surface area contributed by atoms with Gasteiger partial charge in [-0.05, 0) is 13.5 Å². The predicted octanol–water partition coefficient (Wildman–Crippen LogP) is -1.38. The number of nitrogens with one attached hydrogen (secondary N) is 1. The van der Waals surface area contributed by atoms with Crippen molar-refractivity contribution in [3.63, 3.8) is 0 Å². The molecule has 2 heterocycles. The minimum atomic E-state index is -1.32. The molecule has 2 fully saturated rings. The summed E-state index contributed by atoms with van der Waals surface area (Å²) in [5, 5.41) is 37.2. The van der Waals surface area contributed by atoms with Crippen molar-refractivity contribution in [3.05, 3.63) is 0 Å². The number of likely N-dealkylation sites (N-methyl/N-ethyl adjacent to an activating group) is 1. The number of methoxy groups -OCH3 is 1. The van der Waals surface area contributed by atoms with Crippen molar-refractivity contribution in [1.82, 2.24) is 5.32 Å². The van der Waals surface area contributed by atoms with Gasteiger partial charge in [0.2, 0.25) is 0 Å². The van der Waals surface area contributed by atoms with E-state index in [1.54, 1.807) is 7.05 Å². The molecule has 146 valence electrons. The molecular weight excluding hydrogens is 322 g/mol. The quantitative estimate of drug-likeness (QED) is 0.388. The Labute approximate surface area is 143 Å². The molecule has 5 atom stereocenters. The SMILES string of the molecule is CC.CNC1CC(O)COC1O.CO.COC1CC(O)(C=O)CO1. The number of ether oxygens (including phenoxy) is 3. The highest BCUT2D eigenvalue weighted by molar-refractivity contribution is 5.62. The first-order valence-electron chi connectivity index (χ1n) is 7.87. The number of carbonyl (C=O) groups is 1. The van der Waals surface area contributed by atoms with Crippen LogP contribution in [0.15, 0.2) is 0 Å². The maximum atomic E-state index is 10.2. The fraction of sp³-hybridized carbons (Fsp3) is 0.933. The molecule has 0 saturated carbocycles. The van der Waals surface area contributed by atoms with Gasteiger partial charge in [0.05, 0.1) is 25.4 Å². The number of hydrogen-bond donors (Lipinski definition) is 5. The third-order valence-electron chi connectivity index (χ3n) is 3.22. The van der Waals surface area contributed by atoms with Gasteiger partial charge in [0.15, 0.2) is 18.9 Å². The van der Waals surface area contributed by atoms with Crippen molar-refractivity contribution in [2.75, 3.05) is 34.5 Å². The molecule has 2 rings (SSSR count). The molecule has 2 aliphatic rings. The summed E-state index contributed by atoms with van der Waals surface area (Å²) >= 11 is 0. The van der Waals surface area contributed by atoms with E-state index in [-0.39, 0.29) is 25.7 Å². The Hall–Kier alpha value is -0.650. The Morgan fingerprint density at radius 3 is 2.17 bits per heavy atom. The summed E-state index contributed by atoms with van der Waals surface area (Å²) in [6.45, 7) is 4.27. The Balaban J connectivity index is 0. The normalized spacial score (nSPS) is 34.5. The second-order valence-electron chi connectivity index (χ2n) is 4.91. The van der Waals surface area contributed by atoms with Crippen molar-refractivity contribution in [2.45, 2.75) is 57.0 Å². The zero-order chi connectivity index (χ0) is 19.2. The molecular formula is C15H33NO8. The van der Waals surface area contributed by atoms with Crippen LogP contribution in [0.5, 0.6) is 0 Å². The second-order valence-corrected chi connectivity index (χ2v) is 4.91. The topological polar surface area (TPSA) is 138 Å². The van der Waals surface area contributed by atoms with E-state index in [1.165, 1.54) is 7.11 Å². The van der Waals surface area contributed by atoms with Crippen molar-refractivity contribution in [1.29, 1.82) is 0 Å². The summed E-state index contributed by atoms with van der Waals surface area (Å²) in [4.78, 5) is 10.2. The molecule has 0 aromatic heterocycles. The van der Waals surface area contributed by atoms with Gasteiger partial charge in [-0.1, -0.05) is 13.8 Å². The standard InChI is InChI=1S/C6H13NO3.C6H10O4.C2H6.CH4O/c1-7-5-2-4(8)3-10-6(5)9;1-9-5-2-6(8,3-7)4-10-5;2*1-2/h4-9H,2-3H2,1H3;3,5,8H,2,4H2,1H3;1-2H3;2H,1H3. The molecule has 0 radical (unpaired) electrons. The third-order valence-corrected chi connectivity index (χ3v) is 3.22. The van der Waals surface area contributed by atoms with Crippen LogP contribution in [0.4, 0.5) is 0 Å². The average molecular weight is 355 g/mol. The Kier molecular flexibility index (Phi) is 15.6. The van der Waals surface area contributed by atoms with Gasteiger partial charge in [-0.2, -0.15) is 0 Å².